The lowest BCUT2D eigenvalue weighted by atomic mass is 9.91. The summed E-state index contributed by atoms with van der Waals surface area (Å²) in [5, 5.41) is 0. The van der Waals surface area contributed by atoms with E-state index in [2.05, 4.69) is 52.9 Å². The van der Waals surface area contributed by atoms with Crippen molar-refractivity contribution in [3.8, 4) is 0 Å². The summed E-state index contributed by atoms with van der Waals surface area (Å²) >= 11 is 2.38. The second-order valence-corrected chi connectivity index (χ2v) is 5.89. The summed E-state index contributed by atoms with van der Waals surface area (Å²) in [4.78, 5) is 0. The Morgan fingerprint density at radius 1 is 1.06 bits per heavy atom. The fraction of sp³-hybridized carbons (Fsp3) is 0.467. The Kier molecular flexibility index (Phi) is 5.04. The number of rotatable bonds is 2. The van der Waals surface area contributed by atoms with Gasteiger partial charge in [0.25, 0.3) is 0 Å². The Balaban J connectivity index is 2.18. The number of benzene rings is 1. The molecule has 2 rings (SSSR count). The quantitative estimate of drug-likeness (QED) is 0.619. The van der Waals surface area contributed by atoms with Crippen molar-refractivity contribution in [2.75, 3.05) is 0 Å². The van der Waals surface area contributed by atoms with Crippen molar-refractivity contribution in [1.82, 2.24) is 0 Å². The first-order valence-corrected chi connectivity index (χ1v) is 7.56. The van der Waals surface area contributed by atoms with E-state index in [1.54, 1.807) is 0 Å². The van der Waals surface area contributed by atoms with Crippen LogP contribution < -0.4 is 5.73 Å². The lowest BCUT2D eigenvalue weighted by Gasteiger charge is -2.19. The Bertz CT molecular complexity index is 398. The van der Waals surface area contributed by atoms with Gasteiger partial charge in [-0.2, -0.15) is 0 Å². The average Bonchev–Trinajstić information content (AvgIpc) is 2.28. The average molecular weight is 341 g/mol. The zero-order chi connectivity index (χ0) is 12.1. The summed E-state index contributed by atoms with van der Waals surface area (Å²) in [6.07, 6.45) is 10.1. The van der Waals surface area contributed by atoms with Gasteiger partial charge in [-0.15, -0.1) is 0 Å². The molecule has 0 saturated heterocycles. The molecule has 0 bridgehead atoms. The van der Waals surface area contributed by atoms with Crippen molar-refractivity contribution in [2.24, 2.45) is 5.73 Å². The highest BCUT2D eigenvalue weighted by Crippen LogP contribution is 2.29. The topological polar surface area (TPSA) is 26.0 Å². The molecule has 0 heterocycles. The van der Waals surface area contributed by atoms with Crippen LogP contribution in [0, 0.1) is 3.57 Å². The second-order valence-electron chi connectivity index (χ2n) is 4.73. The van der Waals surface area contributed by atoms with E-state index in [0.717, 1.165) is 0 Å². The third kappa shape index (κ3) is 3.55. The maximum Gasteiger partial charge on any atom is 0.0521 e. The summed E-state index contributed by atoms with van der Waals surface area (Å²) in [6, 6.07) is 8.55. The van der Waals surface area contributed by atoms with E-state index in [1.807, 2.05) is 0 Å². The normalized spacial score (nSPS) is 22.1. The fourth-order valence-electron chi connectivity index (χ4n) is 2.43. The van der Waals surface area contributed by atoms with Crippen LogP contribution in [0.5, 0.6) is 0 Å². The standard InChI is InChI=1S/C15H20IN/c16-14-11-7-6-10-13(14)15(17)12-8-4-2-1-3-5-9-12/h6-8,10-11,15H,1-5,9,17H2/b12-8+. The van der Waals surface area contributed by atoms with Crippen molar-refractivity contribution in [2.45, 2.75) is 44.6 Å². The van der Waals surface area contributed by atoms with Gasteiger partial charge in [-0.05, 0) is 59.9 Å². The lowest BCUT2D eigenvalue weighted by molar-refractivity contribution is 0.602. The summed E-state index contributed by atoms with van der Waals surface area (Å²) in [5.74, 6) is 0. The molecule has 1 aromatic carbocycles. The van der Waals surface area contributed by atoms with Crippen LogP contribution in [0.4, 0.5) is 0 Å². The lowest BCUT2D eigenvalue weighted by Crippen LogP contribution is -2.15. The molecule has 1 atom stereocenters. The van der Waals surface area contributed by atoms with E-state index in [0.29, 0.717) is 0 Å². The fourth-order valence-corrected chi connectivity index (χ4v) is 3.15. The van der Waals surface area contributed by atoms with Gasteiger partial charge in [-0.25, -0.2) is 0 Å². The van der Waals surface area contributed by atoms with Crippen LogP contribution in [-0.2, 0) is 0 Å². The first-order valence-electron chi connectivity index (χ1n) is 6.48. The molecule has 0 spiro atoms. The summed E-state index contributed by atoms with van der Waals surface area (Å²) in [5.41, 5.74) is 9.13. The SMILES string of the molecule is NC(/C1=C/CCCCCC1)c1ccccc1I. The van der Waals surface area contributed by atoms with Gasteiger partial charge in [0.05, 0.1) is 6.04 Å². The Labute approximate surface area is 118 Å². The molecular weight excluding hydrogens is 321 g/mol. The highest BCUT2D eigenvalue weighted by molar-refractivity contribution is 14.1. The first-order chi connectivity index (χ1) is 8.29. The molecule has 0 fully saturated rings. The molecule has 0 aliphatic heterocycles. The molecule has 2 N–H and O–H groups in total. The van der Waals surface area contributed by atoms with Crippen LogP contribution in [0.1, 0.15) is 50.1 Å². The van der Waals surface area contributed by atoms with Crippen molar-refractivity contribution >= 4 is 22.6 Å². The highest BCUT2D eigenvalue weighted by Gasteiger charge is 2.14. The molecule has 0 radical (unpaired) electrons. The van der Waals surface area contributed by atoms with Gasteiger partial charge in [-0.3, -0.25) is 0 Å². The van der Waals surface area contributed by atoms with Crippen LogP contribution in [0.2, 0.25) is 0 Å². The predicted octanol–water partition coefficient (Wildman–Crippen LogP) is 4.57. The van der Waals surface area contributed by atoms with Gasteiger partial charge in [-0.1, -0.05) is 42.7 Å². The van der Waals surface area contributed by atoms with Crippen LogP contribution >= 0.6 is 22.6 Å². The molecule has 1 unspecified atom stereocenters. The van der Waals surface area contributed by atoms with Gasteiger partial charge in [0.2, 0.25) is 0 Å². The molecule has 1 aliphatic rings. The maximum atomic E-state index is 6.42. The van der Waals surface area contributed by atoms with Gasteiger partial charge >= 0.3 is 0 Å². The zero-order valence-electron chi connectivity index (χ0n) is 10.2. The van der Waals surface area contributed by atoms with Crippen molar-refractivity contribution < 1.29 is 0 Å². The molecule has 0 saturated carbocycles. The summed E-state index contributed by atoms with van der Waals surface area (Å²) < 4.78 is 1.28. The van der Waals surface area contributed by atoms with E-state index >= 15 is 0 Å². The number of nitrogens with two attached hydrogens (primary N) is 1. The molecule has 2 heteroatoms. The number of allylic oxidation sites excluding steroid dienone is 1. The summed E-state index contributed by atoms with van der Waals surface area (Å²) in [7, 11) is 0. The third-order valence-electron chi connectivity index (χ3n) is 3.47. The Morgan fingerprint density at radius 3 is 2.65 bits per heavy atom. The van der Waals surface area contributed by atoms with Crippen LogP contribution in [0.15, 0.2) is 35.9 Å². The molecule has 1 nitrogen and oxygen atoms in total. The smallest absolute Gasteiger partial charge is 0.0521 e. The maximum absolute atomic E-state index is 6.42. The molecule has 0 aromatic heterocycles. The monoisotopic (exact) mass is 341 g/mol. The molecule has 1 aromatic rings. The first kappa shape index (κ1) is 13.1. The van der Waals surface area contributed by atoms with Gasteiger partial charge in [0, 0.05) is 3.57 Å². The second kappa shape index (κ2) is 6.55. The number of hydrogen-bond acceptors (Lipinski definition) is 1. The molecule has 1 aliphatic carbocycles. The van der Waals surface area contributed by atoms with Crippen LogP contribution in [-0.4, -0.2) is 0 Å². The third-order valence-corrected chi connectivity index (χ3v) is 4.45. The number of halogens is 1. The van der Waals surface area contributed by atoms with Gasteiger partial charge < -0.3 is 5.73 Å². The van der Waals surface area contributed by atoms with E-state index in [1.165, 1.54) is 53.2 Å². The van der Waals surface area contributed by atoms with Crippen molar-refractivity contribution in [3.63, 3.8) is 0 Å². The van der Waals surface area contributed by atoms with E-state index in [4.69, 9.17) is 5.73 Å². The van der Waals surface area contributed by atoms with E-state index < -0.39 is 0 Å². The summed E-state index contributed by atoms with van der Waals surface area (Å²) in [6.45, 7) is 0. The molecule has 17 heavy (non-hydrogen) atoms. The number of hydrogen-bond donors (Lipinski definition) is 1. The minimum atomic E-state index is 0.0983. The predicted molar refractivity (Wildman–Crippen MR) is 81.9 cm³/mol. The molecular formula is C15H20IN. The highest BCUT2D eigenvalue weighted by atomic mass is 127. The van der Waals surface area contributed by atoms with Crippen molar-refractivity contribution in [1.29, 1.82) is 0 Å². The molecule has 92 valence electrons. The van der Waals surface area contributed by atoms with Gasteiger partial charge in [0.1, 0.15) is 0 Å². The van der Waals surface area contributed by atoms with Crippen LogP contribution in [0.3, 0.4) is 0 Å². The minimum absolute atomic E-state index is 0.0983. The van der Waals surface area contributed by atoms with E-state index in [9.17, 15) is 0 Å². The Hall–Kier alpha value is -0.350. The molecule has 0 amide bonds. The van der Waals surface area contributed by atoms with Crippen LogP contribution in [0.25, 0.3) is 0 Å². The largest absolute Gasteiger partial charge is 0.321 e. The minimum Gasteiger partial charge on any atom is -0.321 e. The Morgan fingerprint density at radius 2 is 1.82 bits per heavy atom. The zero-order valence-corrected chi connectivity index (χ0v) is 12.3. The van der Waals surface area contributed by atoms with Crippen molar-refractivity contribution in [3.05, 3.63) is 45.0 Å². The van der Waals surface area contributed by atoms with E-state index in [-0.39, 0.29) is 6.04 Å². The van der Waals surface area contributed by atoms with Gasteiger partial charge in [0.15, 0.2) is 0 Å².